The van der Waals surface area contributed by atoms with Gasteiger partial charge in [0, 0.05) is 12.1 Å². The van der Waals surface area contributed by atoms with Gasteiger partial charge in [-0.2, -0.15) is 13.2 Å². The fraction of sp³-hybridized carbons (Fsp3) is 0.444. The van der Waals surface area contributed by atoms with Gasteiger partial charge < -0.3 is 4.84 Å². The molecule has 0 bridgehead atoms. The van der Waals surface area contributed by atoms with E-state index in [1.807, 2.05) is 0 Å². The van der Waals surface area contributed by atoms with Crippen molar-refractivity contribution >= 4 is 0 Å². The SMILES string of the molecule is CC(CON)c1ncccc1C(F)(F)F. The van der Waals surface area contributed by atoms with Crippen molar-refractivity contribution in [3.05, 3.63) is 29.6 Å². The first-order valence-corrected chi connectivity index (χ1v) is 4.30. The van der Waals surface area contributed by atoms with Crippen molar-refractivity contribution in [2.24, 2.45) is 5.90 Å². The molecule has 1 atom stereocenters. The van der Waals surface area contributed by atoms with Crippen molar-refractivity contribution in [3.8, 4) is 0 Å². The molecule has 2 N–H and O–H groups in total. The molecule has 1 rings (SSSR count). The third kappa shape index (κ3) is 2.90. The topological polar surface area (TPSA) is 48.1 Å². The van der Waals surface area contributed by atoms with Crippen molar-refractivity contribution in [2.45, 2.75) is 19.0 Å². The summed E-state index contributed by atoms with van der Waals surface area (Å²) in [6.45, 7) is 1.57. The van der Waals surface area contributed by atoms with Crippen LogP contribution in [0.15, 0.2) is 18.3 Å². The summed E-state index contributed by atoms with van der Waals surface area (Å²) in [5, 5.41) is 0. The third-order valence-electron chi connectivity index (χ3n) is 1.96. The van der Waals surface area contributed by atoms with Crippen LogP contribution < -0.4 is 5.90 Å². The zero-order valence-corrected chi connectivity index (χ0v) is 8.08. The summed E-state index contributed by atoms with van der Waals surface area (Å²) < 4.78 is 37.6. The predicted molar refractivity (Wildman–Crippen MR) is 47.8 cm³/mol. The van der Waals surface area contributed by atoms with Crippen LogP contribution in [0, 0.1) is 0 Å². The van der Waals surface area contributed by atoms with E-state index in [2.05, 4.69) is 9.82 Å². The van der Waals surface area contributed by atoms with Crippen LogP contribution in [-0.4, -0.2) is 11.6 Å². The number of alkyl halides is 3. The summed E-state index contributed by atoms with van der Waals surface area (Å²) in [5.41, 5.74) is -0.787. The first-order valence-electron chi connectivity index (χ1n) is 4.30. The van der Waals surface area contributed by atoms with Crippen LogP contribution in [0.5, 0.6) is 0 Å². The Bertz CT molecular complexity index is 327. The molecule has 1 unspecified atom stereocenters. The molecular formula is C9H11F3N2O. The molecule has 6 heteroatoms. The Balaban J connectivity index is 3.06. The highest BCUT2D eigenvalue weighted by molar-refractivity contribution is 5.25. The summed E-state index contributed by atoms with van der Waals surface area (Å²) in [5.74, 6) is 4.32. The van der Waals surface area contributed by atoms with Crippen molar-refractivity contribution in [2.75, 3.05) is 6.61 Å². The molecule has 0 aromatic carbocycles. The van der Waals surface area contributed by atoms with E-state index in [0.717, 1.165) is 6.07 Å². The van der Waals surface area contributed by atoms with Crippen molar-refractivity contribution in [3.63, 3.8) is 0 Å². The lowest BCUT2D eigenvalue weighted by atomic mass is 10.0. The second-order valence-electron chi connectivity index (χ2n) is 3.17. The lowest BCUT2D eigenvalue weighted by Crippen LogP contribution is -2.16. The maximum atomic E-state index is 12.5. The highest BCUT2D eigenvalue weighted by Crippen LogP contribution is 2.33. The van der Waals surface area contributed by atoms with Crippen molar-refractivity contribution < 1.29 is 18.0 Å². The molecule has 1 aromatic heterocycles. The Morgan fingerprint density at radius 2 is 2.20 bits per heavy atom. The van der Waals surface area contributed by atoms with Gasteiger partial charge >= 0.3 is 6.18 Å². The van der Waals surface area contributed by atoms with Gasteiger partial charge in [0.1, 0.15) is 0 Å². The zero-order valence-electron chi connectivity index (χ0n) is 8.08. The van der Waals surface area contributed by atoms with Crippen LogP contribution in [0.3, 0.4) is 0 Å². The van der Waals surface area contributed by atoms with E-state index in [9.17, 15) is 13.2 Å². The highest BCUT2D eigenvalue weighted by atomic mass is 19.4. The summed E-state index contributed by atoms with van der Waals surface area (Å²) in [6.07, 6.45) is -3.08. The van der Waals surface area contributed by atoms with Crippen LogP contribution in [0.1, 0.15) is 24.1 Å². The van der Waals surface area contributed by atoms with Gasteiger partial charge in [-0.3, -0.25) is 4.98 Å². The molecule has 1 heterocycles. The number of nitrogens with two attached hydrogens (primary N) is 1. The van der Waals surface area contributed by atoms with Gasteiger partial charge in [-0.15, -0.1) is 0 Å². The largest absolute Gasteiger partial charge is 0.418 e. The predicted octanol–water partition coefficient (Wildman–Crippen LogP) is 2.09. The van der Waals surface area contributed by atoms with E-state index in [-0.39, 0.29) is 12.3 Å². The standard InChI is InChI=1S/C9H11F3N2O/c1-6(5-15-13)8-7(9(10,11)12)3-2-4-14-8/h2-4,6H,5,13H2,1H3. The fourth-order valence-corrected chi connectivity index (χ4v) is 1.27. The van der Waals surface area contributed by atoms with Crippen LogP contribution in [0.25, 0.3) is 0 Å². The minimum atomic E-state index is -4.40. The molecule has 0 aliphatic rings. The van der Waals surface area contributed by atoms with Crippen molar-refractivity contribution in [1.82, 2.24) is 4.98 Å². The average molecular weight is 220 g/mol. The van der Waals surface area contributed by atoms with E-state index in [0.29, 0.717) is 0 Å². The molecule has 0 aliphatic heterocycles. The smallest absolute Gasteiger partial charge is 0.304 e. The fourth-order valence-electron chi connectivity index (χ4n) is 1.27. The van der Waals surface area contributed by atoms with E-state index in [1.165, 1.54) is 12.3 Å². The Kier molecular flexibility index (Phi) is 3.65. The Morgan fingerprint density at radius 3 is 2.73 bits per heavy atom. The summed E-state index contributed by atoms with van der Waals surface area (Å²) in [6, 6.07) is 2.25. The Labute approximate surface area is 85.0 Å². The summed E-state index contributed by atoms with van der Waals surface area (Å²) in [4.78, 5) is 8.03. The van der Waals surface area contributed by atoms with E-state index >= 15 is 0 Å². The lowest BCUT2D eigenvalue weighted by Gasteiger charge is -2.15. The van der Waals surface area contributed by atoms with Gasteiger partial charge in [-0.25, -0.2) is 5.90 Å². The molecule has 0 saturated heterocycles. The lowest BCUT2D eigenvalue weighted by molar-refractivity contribution is -0.138. The Morgan fingerprint density at radius 1 is 1.53 bits per heavy atom. The molecule has 0 amide bonds. The minimum Gasteiger partial charge on any atom is -0.304 e. The molecule has 0 spiro atoms. The molecule has 0 radical (unpaired) electrons. The zero-order chi connectivity index (χ0) is 11.5. The minimum absolute atomic E-state index is 0.0000926. The highest BCUT2D eigenvalue weighted by Gasteiger charge is 2.35. The maximum absolute atomic E-state index is 12.5. The molecule has 0 fully saturated rings. The van der Waals surface area contributed by atoms with Gasteiger partial charge in [0.15, 0.2) is 0 Å². The quantitative estimate of drug-likeness (QED) is 0.793. The number of pyridine rings is 1. The van der Waals surface area contributed by atoms with Gasteiger partial charge in [-0.05, 0) is 12.1 Å². The maximum Gasteiger partial charge on any atom is 0.418 e. The van der Waals surface area contributed by atoms with E-state index in [1.54, 1.807) is 6.92 Å². The molecule has 84 valence electrons. The molecule has 1 aromatic rings. The van der Waals surface area contributed by atoms with Crippen LogP contribution in [-0.2, 0) is 11.0 Å². The summed E-state index contributed by atoms with van der Waals surface area (Å²) >= 11 is 0. The average Bonchev–Trinajstić information content (AvgIpc) is 2.17. The molecule has 15 heavy (non-hydrogen) atoms. The van der Waals surface area contributed by atoms with Gasteiger partial charge in [0.2, 0.25) is 0 Å². The van der Waals surface area contributed by atoms with Crippen LogP contribution >= 0.6 is 0 Å². The second kappa shape index (κ2) is 4.59. The van der Waals surface area contributed by atoms with Crippen LogP contribution in [0.2, 0.25) is 0 Å². The molecule has 0 saturated carbocycles. The van der Waals surface area contributed by atoms with Gasteiger partial charge in [0.25, 0.3) is 0 Å². The number of halogens is 3. The monoisotopic (exact) mass is 220 g/mol. The first-order chi connectivity index (χ1) is 6.96. The molecule has 0 aliphatic carbocycles. The number of aromatic nitrogens is 1. The number of hydrogen-bond donors (Lipinski definition) is 1. The number of hydrogen-bond acceptors (Lipinski definition) is 3. The number of rotatable bonds is 3. The summed E-state index contributed by atoms with van der Waals surface area (Å²) in [7, 11) is 0. The third-order valence-corrected chi connectivity index (χ3v) is 1.96. The first kappa shape index (κ1) is 11.9. The van der Waals surface area contributed by atoms with E-state index < -0.39 is 17.7 Å². The Hall–Kier alpha value is -1.14. The second-order valence-corrected chi connectivity index (χ2v) is 3.17. The molecule has 3 nitrogen and oxygen atoms in total. The normalized spacial score (nSPS) is 13.9. The number of nitrogens with zero attached hydrogens (tertiary/aromatic N) is 1. The van der Waals surface area contributed by atoms with Gasteiger partial charge in [-0.1, -0.05) is 6.92 Å². The van der Waals surface area contributed by atoms with Gasteiger partial charge in [0.05, 0.1) is 17.9 Å². The van der Waals surface area contributed by atoms with E-state index in [4.69, 9.17) is 5.90 Å². The molecular weight excluding hydrogens is 209 g/mol. The van der Waals surface area contributed by atoms with Crippen LogP contribution in [0.4, 0.5) is 13.2 Å². The van der Waals surface area contributed by atoms with Crippen molar-refractivity contribution in [1.29, 1.82) is 0 Å².